The lowest BCUT2D eigenvalue weighted by Gasteiger charge is -2.30. The van der Waals surface area contributed by atoms with Crippen molar-refractivity contribution in [3.05, 3.63) is 54.1 Å². The summed E-state index contributed by atoms with van der Waals surface area (Å²) in [5, 5.41) is 2.65. The second kappa shape index (κ2) is 7.14. The molecule has 1 heterocycles. The number of anilines is 2. The number of ether oxygens (including phenoxy) is 1. The Hall–Kier alpha value is -2.54. The molecule has 25 heavy (non-hydrogen) atoms. The molecule has 0 atom stereocenters. The van der Waals surface area contributed by atoms with Crippen LogP contribution in [0.5, 0.6) is 0 Å². The van der Waals surface area contributed by atoms with Gasteiger partial charge in [0.1, 0.15) is 0 Å². The lowest BCUT2D eigenvalue weighted by Crippen LogP contribution is -2.35. The van der Waals surface area contributed by atoms with Gasteiger partial charge in [-0.1, -0.05) is 18.2 Å². The summed E-state index contributed by atoms with van der Waals surface area (Å²) < 4.78 is 32.2. The molecule has 0 radical (unpaired) electrons. The predicted molar refractivity (Wildman–Crippen MR) is 96.4 cm³/mol. The van der Waals surface area contributed by atoms with Gasteiger partial charge < -0.3 is 4.74 Å². The summed E-state index contributed by atoms with van der Waals surface area (Å²) in [7, 11) is -3.60. The van der Waals surface area contributed by atoms with E-state index >= 15 is 0 Å². The first kappa shape index (κ1) is 17.3. The summed E-state index contributed by atoms with van der Waals surface area (Å²) >= 11 is 0. The SMILES string of the molecule is CCOC(=O)Nc1ccc2c(c1)CCCN2S(=O)(=O)c1ccccc1. The molecule has 0 saturated carbocycles. The van der Waals surface area contributed by atoms with E-state index in [1.165, 1.54) is 4.31 Å². The summed E-state index contributed by atoms with van der Waals surface area (Å²) in [6.45, 7) is 2.47. The smallest absolute Gasteiger partial charge is 0.411 e. The number of nitrogens with one attached hydrogen (secondary N) is 1. The maximum absolute atomic E-state index is 12.9. The van der Waals surface area contributed by atoms with Crippen molar-refractivity contribution in [2.45, 2.75) is 24.7 Å². The van der Waals surface area contributed by atoms with Crippen LogP contribution in [0.3, 0.4) is 0 Å². The number of sulfonamides is 1. The lowest BCUT2D eigenvalue weighted by molar-refractivity contribution is 0.168. The maximum Gasteiger partial charge on any atom is 0.411 e. The zero-order valence-electron chi connectivity index (χ0n) is 13.9. The van der Waals surface area contributed by atoms with Gasteiger partial charge in [0.15, 0.2) is 0 Å². The van der Waals surface area contributed by atoms with Gasteiger partial charge in [-0.2, -0.15) is 0 Å². The highest BCUT2D eigenvalue weighted by Crippen LogP contribution is 2.33. The largest absolute Gasteiger partial charge is 0.450 e. The van der Waals surface area contributed by atoms with Crippen molar-refractivity contribution < 1.29 is 17.9 Å². The van der Waals surface area contributed by atoms with Crippen molar-refractivity contribution in [1.82, 2.24) is 0 Å². The number of nitrogens with zero attached hydrogens (tertiary/aromatic N) is 1. The molecular weight excluding hydrogens is 340 g/mol. The molecular formula is C18H20N2O4S. The Labute approximate surface area is 147 Å². The Morgan fingerprint density at radius 1 is 1.20 bits per heavy atom. The second-order valence-corrected chi connectivity index (χ2v) is 7.55. The van der Waals surface area contributed by atoms with Gasteiger partial charge in [0, 0.05) is 12.2 Å². The zero-order valence-corrected chi connectivity index (χ0v) is 14.8. The van der Waals surface area contributed by atoms with Crippen LogP contribution in [0.25, 0.3) is 0 Å². The van der Waals surface area contributed by atoms with Gasteiger partial charge in [-0.3, -0.25) is 9.62 Å². The van der Waals surface area contributed by atoms with E-state index in [0.29, 0.717) is 24.5 Å². The molecule has 0 aromatic heterocycles. The first-order valence-corrected chi connectivity index (χ1v) is 9.61. The molecule has 1 N–H and O–H groups in total. The van der Waals surface area contributed by atoms with E-state index in [-0.39, 0.29) is 4.90 Å². The van der Waals surface area contributed by atoms with Gasteiger partial charge in [-0.05, 0) is 55.7 Å². The molecule has 0 spiro atoms. The number of rotatable bonds is 4. The zero-order chi connectivity index (χ0) is 17.9. The van der Waals surface area contributed by atoms with Gasteiger partial charge in [0.25, 0.3) is 10.0 Å². The third kappa shape index (κ3) is 3.61. The third-order valence-corrected chi connectivity index (χ3v) is 5.84. The Morgan fingerprint density at radius 2 is 1.96 bits per heavy atom. The summed E-state index contributed by atoms with van der Waals surface area (Å²) in [5.41, 5.74) is 2.14. The van der Waals surface area contributed by atoms with Crippen molar-refractivity contribution in [2.75, 3.05) is 22.8 Å². The minimum Gasteiger partial charge on any atom is -0.450 e. The lowest BCUT2D eigenvalue weighted by atomic mass is 10.0. The number of hydrogen-bond acceptors (Lipinski definition) is 4. The average molecular weight is 360 g/mol. The van der Waals surface area contributed by atoms with Crippen molar-refractivity contribution in [3.8, 4) is 0 Å². The fourth-order valence-corrected chi connectivity index (χ4v) is 4.46. The fraction of sp³-hybridized carbons (Fsp3) is 0.278. The second-order valence-electron chi connectivity index (χ2n) is 5.68. The minimum atomic E-state index is -3.60. The van der Waals surface area contributed by atoms with E-state index in [4.69, 9.17) is 4.74 Å². The molecule has 1 aliphatic heterocycles. The average Bonchev–Trinajstić information content (AvgIpc) is 2.62. The molecule has 132 valence electrons. The number of carbonyl (C=O) groups is 1. The molecule has 7 heteroatoms. The summed E-state index contributed by atoms with van der Waals surface area (Å²) in [6.07, 6.45) is 0.961. The number of amides is 1. The van der Waals surface area contributed by atoms with Crippen LogP contribution in [0.2, 0.25) is 0 Å². The first-order valence-electron chi connectivity index (χ1n) is 8.17. The van der Waals surface area contributed by atoms with Crippen LogP contribution in [-0.4, -0.2) is 27.7 Å². The van der Waals surface area contributed by atoms with Gasteiger partial charge in [0.2, 0.25) is 0 Å². The van der Waals surface area contributed by atoms with Crippen molar-refractivity contribution in [1.29, 1.82) is 0 Å². The molecule has 3 rings (SSSR count). The molecule has 1 aliphatic rings. The van der Waals surface area contributed by atoms with Crippen LogP contribution >= 0.6 is 0 Å². The molecule has 2 aromatic rings. The predicted octanol–water partition coefficient (Wildman–Crippen LogP) is 3.40. The van der Waals surface area contributed by atoms with Crippen molar-refractivity contribution in [2.24, 2.45) is 0 Å². The van der Waals surface area contributed by atoms with E-state index in [2.05, 4.69) is 5.32 Å². The van der Waals surface area contributed by atoms with E-state index in [9.17, 15) is 13.2 Å². The van der Waals surface area contributed by atoms with Crippen LogP contribution in [0.4, 0.5) is 16.2 Å². The van der Waals surface area contributed by atoms with E-state index in [0.717, 1.165) is 18.4 Å². The van der Waals surface area contributed by atoms with Crippen molar-refractivity contribution >= 4 is 27.5 Å². The molecule has 0 unspecified atom stereocenters. The Kier molecular flexibility index (Phi) is 4.94. The molecule has 0 fully saturated rings. The fourth-order valence-electron chi connectivity index (χ4n) is 2.89. The van der Waals surface area contributed by atoms with Gasteiger partial charge in [0.05, 0.1) is 17.2 Å². The highest BCUT2D eigenvalue weighted by Gasteiger charge is 2.29. The standard InChI is InChI=1S/C18H20N2O4S/c1-2-24-18(21)19-15-10-11-17-14(13-15)7-6-12-20(17)25(22,23)16-8-4-3-5-9-16/h3-5,8-11,13H,2,6-7,12H2,1H3,(H,19,21). The minimum absolute atomic E-state index is 0.275. The van der Waals surface area contributed by atoms with Crippen LogP contribution < -0.4 is 9.62 Å². The van der Waals surface area contributed by atoms with E-state index in [1.807, 2.05) is 0 Å². The van der Waals surface area contributed by atoms with Crippen LogP contribution in [0.15, 0.2) is 53.4 Å². The Balaban J connectivity index is 1.91. The molecule has 0 aliphatic carbocycles. The molecule has 1 amide bonds. The first-order chi connectivity index (χ1) is 12.0. The van der Waals surface area contributed by atoms with E-state index in [1.54, 1.807) is 55.5 Å². The molecule has 0 bridgehead atoms. The van der Waals surface area contributed by atoms with Crippen LogP contribution in [0, 0.1) is 0 Å². The quantitative estimate of drug-likeness (QED) is 0.907. The molecule has 6 nitrogen and oxygen atoms in total. The highest BCUT2D eigenvalue weighted by molar-refractivity contribution is 7.92. The van der Waals surface area contributed by atoms with Gasteiger partial charge >= 0.3 is 6.09 Å². The monoisotopic (exact) mass is 360 g/mol. The van der Waals surface area contributed by atoms with E-state index < -0.39 is 16.1 Å². The van der Waals surface area contributed by atoms with Gasteiger partial charge in [-0.15, -0.1) is 0 Å². The Bertz CT molecular complexity index is 866. The number of aryl methyl sites for hydroxylation is 1. The number of fused-ring (bicyclic) bond motifs is 1. The number of hydrogen-bond donors (Lipinski definition) is 1. The van der Waals surface area contributed by atoms with Gasteiger partial charge in [-0.25, -0.2) is 13.2 Å². The topological polar surface area (TPSA) is 75.7 Å². The van der Waals surface area contributed by atoms with Crippen molar-refractivity contribution in [3.63, 3.8) is 0 Å². The molecule has 0 saturated heterocycles. The maximum atomic E-state index is 12.9. The molecule has 2 aromatic carbocycles. The third-order valence-electron chi connectivity index (χ3n) is 4.01. The normalized spacial score (nSPS) is 13.9. The summed E-state index contributed by atoms with van der Waals surface area (Å²) in [4.78, 5) is 11.8. The van der Waals surface area contributed by atoms with Crippen LogP contribution in [-0.2, 0) is 21.2 Å². The summed E-state index contributed by atoms with van der Waals surface area (Å²) in [5.74, 6) is 0. The number of benzene rings is 2. The van der Waals surface area contributed by atoms with Crippen LogP contribution in [0.1, 0.15) is 18.9 Å². The Morgan fingerprint density at radius 3 is 2.68 bits per heavy atom. The summed E-state index contributed by atoms with van der Waals surface area (Å²) in [6, 6.07) is 13.6. The highest BCUT2D eigenvalue weighted by atomic mass is 32.2. The number of carbonyl (C=O) groups excluding carboxylic acids is 1.